The molecule has 26 heavy (non-hydrogen) atoms. The van der Waals surface area contributed by atoms with Gasteiger partial charge in [0.25, 0.3) is 5.91 Å². The fraction of sp³-hybridized carbons (Fsp3) is 0.222. The maximum Gasteiger partial charge on any atom is 0.262 e. The summed E-state index contributed by atoms with van der Waals surface area (Å²) in [6.45, 7) is -0.312. The molecule has 0 spiro atoms. The van der Waals surface area contributed by atoms with E-state index in [9.17, 15) is 14.7 Å². The van der Waals surface area contributed by atoms with Crippen molar-refractivity contribution >= 4 is 17.6 Å². The van der Waals surface area contributed by atoms with E-state index in [2.05, 4.69) is 5.32 Å². The molecule has 0 fully saturated rings. The number of hydrogen-bond acceptors (Lipinski definition) is 7. The number of hydrogen-bond donors (Lipinski definition) is 1. The molecule has 2 rings (SSSR count). The molecule has 0 atom stereocenters. The molecule has 2 aromatic rings. The molecular weight excluding hydrogens is 342 g/mol. The fourth-order valence-electron chi connectivity index (χ4n) is 2.16. The number of methoxy groups -OCH3 is 3. The summed E-state index contributed by atoms with van der Waals surface area (Å²) in [5.41, 5.74) is -0.216. The number of benzene rings is 2. The molecule has 0 saturated heterocycles. The molecule has 0 aliphatic rings. The molecule has 0 saturated carbocycles. The van der Waals surface area contributed by atoms with E-state index in [1.807, 2.05) is 0 Å². The molecule has 0 aliphatic heterocycles. The topological polar surface area (TPSA) is 106 Å². The van der Waals surface area contributed by atoms with Crippen molar-refractivity contribution in [1.82, 2.24) is 0 Å². The predicted molar refractivity (Wildman–Crippen MR) is 91.0 cm³/mol. The van der Waals surface area contributed by atoms with E-state index in [4.69, 9.17) is 18.9 Å². The fourth-order valence-corrected chi connectivity index (χ4v) is 2.16. The van der Waals surface area contributed by atoms with Crippen molar-refractivity contribution in [1.29, 1.82) is 0 Å². The number of carboxylic acid groups (broad SMARTS) is 1. The Labute approximate surface area is 150 Å². The van der Waals surface area contributed by atoms with Crippen molar-refractivity contribution in [2.24, 2.45) is 0 Å². The second kappa shape index (κ2) is 8.61. The van der Waals surface area contributed by atoms with Crippen LogP contribution in [0.4, 0.5) is 5.69 Å². The maximum absolute atomic E-state index is 12.1. The number of nitrogens with one attached hydrogen (secondary N) is 1. The van der Waals surface area contributed by atoms with Crippen LogP contribution in [0.15, 0.2) is 36.4 Å². The highest BCUT2D eigenvalue weighted by Gasteiger charge is 2.14. The molecule has 0 unspecified atom stereocenters. The van der Waals surface area contributed by atoms with E-state index in [1.54, 1.807) is 31.4 Å². The van der Waals surface area contributed by atoms with Crippen LogP contribution in [0.2, 0.25) is 0 Å². The Morgan fingerprint density at radius 1 is 0.923 bits per heavy atom. The van der Waals surface area contributed by atoms with E-state index in [1.165, 1.54) is 26.4 Å². The Balaban J connectivity index is 2.10. The smallest absolute Gasteiger partial charge is 0.262 e. The zero-order chi connectivity index (χ0) is 19.1. The van der Waals surface area contributed by atoms with Crippen LogP contribution in [0.25, 0.3) is 0 Å². The average molecular weight is 360 g/mol. The molecule has 138 valence electrons. The van der Waals surface area contributed by atoms with Gasteiger partial charge < -0.3 is 34.2 Å². The van der Waals surface area contributed by atoms with E-state index in [0.717, 1.165) is 0 Å². The zero-order valence-electron chi connectivity index (χ0n) is 14.5. The number of anilines is 1. The third kappa shape index (κ3) is 4.56. The maximum atomic E-state index is 12.1. The highest BCUT2D eigenvalue weighted by Crippen LogP contribution is 2.33. The minimum absolute atomic E-state index is 0.0194. The summed E-state index contributed by atoms with van der Waals surface area (Å²) in [5.74, 6) is -0.407. The van der Waals surface area contributed by atoms with E-state index in [-0.39, 0.29) is 29.4 Å². The van der Waals surface area contributed by atoms with Crippen LogP contribution in [0.3, 0.4) is 0 Å². The number of carbonyl (C=O) groups excluding carboxylic acids is 2. The first kappa shape index (κ1) is 18.9. The van der Waals surface area contributed by atoms with Crippen LogP contribution < -0.4 is 29.4 Å². The molecule has 0 heterocycles. The summed E-state index contributed by atoms with van der Waals surface area (Å²) < 4.78 is 20.5. The Hall–Kier alpha value is -3.42. The van der Waals surface area contributed by atoms with Gasteiger partial charge in [-0.2, -0.15) is 0 Å². The van der Waals surface area contributed by atoms with Crippen LogP contribution in [-0.2, 0) is 4.79 Å². The standard InChI is InChI=1S/C18H19NO7/c1-23-11-4-6-12(7-5-11)26-10-17(20)19-14-9-16(25-3)15(24-2)8-13(14)18(21)22/h4-9H,10H2,1-3H3,(H,19,20)(H,21,22)/p-1. The number of amides is 1. The molecule has 8 heteroatoms. The molecule has 0 radical (unpaired) electrons. The normalized spacial score (nSPS) is 9.96. The summed E-state index contributed by atoms with van der Waals surface area (Å²) in [4.78, 5) is 23.4. The summed E-state index contributed by atoms with van der Waals surface area (Å²) in [7, 11) is 4.31. The highest BCUT2D eigenvalue weighted by molar-refractivity contribution is 6.01. The highest BCUT2D eigenvalue weighted by atomic mass is 16.5. The van der Waals surface area contributed by atoms with E-state index >= 15 is 0 Å². The van der Waals surface area contributed by atoms with Crippen LogP contribution in [-0.4, -0.2) is 39.8 Å². The van der Waals surface area contributed by atoms with Crippen molar-refractivity contribution in [3.63, 3.8) is 0 Å². The van der Waals surface area contributed by atoms with Gasteiger partial charge in [0, 0.05) is 11.6 Å². The Bertz CT molecular complexity index is 787. The number of ether oxygens (including phenoxy) is 4. The minimum Gasteiger partial charge on any atom is -0.545 e. The van der Waals surface area contributed by atoms with Crippen LogP contribution in [0.5, 0.6) is 23.0 Å². The molecule has 0 aliphatic carbocycles. The largest absolute Gasteiger partial charge is 0.545 e. The van der Waals surface area contributed by atoms with Crippen molar-refractivity contribution in [3.05, 3.63) is 42.0 Å². The quantitative estimate of drug-likeness (QED) is 0.751. The number of aromatic carboxylic acids is 1. The average Bonchev–Trinajstić information content (AvgIpc) is 2.66. The van der Waals surface area contributed by atoms with E-state index in [0.29, 0.717) is 11.5 Å². The van der Waals surface area contributed by atoms with Gasteiger partial charge in [-0.3, -0.25) is 4.79 Å². The van der Waals surface area contributed by atoms with Crippen molar-refractivity contribution in [3.8, 4) is 23.0 Å². The van der Waals surface area contributed by atoms with Gasteiger partial charge >= 0.3 is 0 Å². The van der Waals surface area contributed by atoms with Crippen LogP contribution >= 0.6 is 0 Å². The Kier molecular flexibility index (Phi) is 6.26. The third-order valence-corrected chi connectivity index (χ3v) is 3.45. The molecule has 8 nitrogen and oxygen atoms in total. The zero-order valence-corrected chi connectivity index (χ0v) is 14.5. The summed E-state index contributed by atoms with van der Waals surface area (Å²) in [6.07, 6.45) is 0. The van der Waals surface area contributed by atoms with Gasteiger partial charge in [0.05, 0.1) is 33.0 Å². The van der Waals surface area contributed by atoms with Gasteiger partial charge in [0.15, 0.2) is 18.1 Å². The third-order valence-electron chi connectivity index (χ3n) is 3.45. The van der Waals surface area contributed by atoms with Gasteiger partial charge in [-0.05, 0) is 30.3 Å². The summed E-state index contributed by atoms with van der Waals surface area (Å²) >= 11 is 0. The second-order valence-electron chi connectivity index (χ2n) is 5.05. The predicted octanol–water partition coefficient (Wildman–Crippen LogP) is 1.09. The summed E-state index contributed by atoms with van der Waals surface area (Å²) in [5, 5.41) is 13.8. The monoisotopic (exact) mass is 360 g/mol. The van der Waals surface area contributed by atoms with Crippen molar-refractivity contribution in [2.45, 2.75) is 0 Å². The van der Waals surface area contributed by atoms with Gasteiger partial charge in [0.2, 0.25) is 0 Å². The number of carbonyl (C=O) groups is 2. The van der Waals surface area contributed by atoms with Crippen molar-refractivity contribution < 1.29 is 33.6 Å². The van der Waals surface area contributed by atoms with E-state index < -0.39 is 11.9 Å². The SMILES string of the molecule is COc1ccc(OCC(=O)Nc2cc(OC)c(OC)cc2C(=O)[O-])cc1. The number of rotatable bonds is 8. The lowest BCUT2D eigenvalue weighted by molar-refractivity contribution is -0.254. The van der Waals surface area contributed by atoms with Gasteiger partial charge in [-0.1, -0.05) is 0 Å². The van der Waals surface area contributed by atoms with Gasteiger partial charge in [0.1, 0.15) is 11.5 Å². The lowest BCUT2D eigenvalue weighted by Crippen LogP contribution is -2.26. The first-order chi connectivity index (χ1) is 12.5. The molecular formula is C18H18NO7-. The molecule has 0 bridgehead atoms. The first-order valence-corrected chi connectivity index (χ1v) is 7.52. The number of carboxylic acids is 1. The Morgan fingerprint density at radius 2 is 1.50 bits per heavy atom. The lowest BCUT2D eigenvalue weighted by Gasteiger charge is -2.16. The Morgan fingerprint density at radius 3 is 2.04 bits per heavy atom. The minimum atomic E-state index is -1.46. The van der Waals surface area contributed by atoms with Crippen molar-refractivity contribution in [2.75, 3.05) is 33.3 Å². The molecule has 0 aromatic heterocycles. The van der Waals surface area contributed by atoms with Crippen LogP contribution in [0.1, 0.15) is 10.4 Å². The summed E-state index contributed by atoms with van der Waals surface area (Å²) in [6, 6.07) is 9.24. The van der Waals surface area contributed by atoms with Gasteiger partial charge in [-0.15, -0.1) is 0 Å². The molecule has 1 amide bonds. The lowest BCUT2D eigenvalue weighted by atomic mass is 10.1. The second-order valence-corrected chi connectivity index (χ2v) is 5.05. The van der Waals surface area contributed by atoms with Gasteiger partial charge in [-0.25, -0.2) is 0 Å². The first-order valence-electron chi connectivity index (χ1n) is 7.52. The van der Waals surface area contributed by atoms with Crippen LogP contribution in [0, 0.1) is 0 Å². The molecule has 1 N–H and O–H groups in total. The molecule has 2 aromatic carbocycles.